The molecule has 3 N–H and O–H groups in total. The number of rotatable bonds is 6. The van der Waals surface area contributed by atoms with Crippen molar-refractivity contribution in [1.82, 2.24) is 5.32 Å². The van der Waals surface area contributed by atoms with E-state index in [1.54, 1.807) is 36.0 Å². The number of hydrogen-bond donors (Lipinski definition) is 2. The van der Waals surface area contributed by atoms with Crippen LogP contribution in [0.2, 0.25) is 0 Å². The normalized spacial score (nSPS) is 9.75. The van der Waals surface area contributed by atoms with Gasteiger partial charge in [0.05, 0.1) is 0 Å². The summed E-state index contributed by atoms with van der Waals surface area (Å²) < 4.78 is 0. The number of anilines is 1. The fourth-order valence-electron chi connectivity index (χ4n) is 1.19. The molecule has 4 heteroatoms. The van der Waals surface area contributed by atoms with Gasteiger partial charge in [-0.15, -0.1) is 6.58 Å². The first-order chi connectivity index (χ1) is 7.74. The summed E-state index contributed by atoms with van der Waals surface area (Å²) >= 11 is 1.74. The molecule has 1 rings (SSSR count). The standard InChI is InChI=1S/C12H16N2OS/c1-2-7-16-8-6-14-12(15)10-4-3-5-11(13)9-10/h2-5,9H,1,6-8,13H2,(H,14,15). The highest BCUT2D eigenvalue weighted by Gasteiger charge is 2.03. The van der Waals surface area contributed by atoms with Crippen molar-refractivity contribution in [2.45, 2.75) is 0 Å². The Kier molecular flexibility index (Phi) is 5.50. The van der Waals surface area contributed by atoms with Crippen LogP contribution in [0.3, 0.4) is 0 Å². The van der Waals surface area contributed by atoms with Gasteiger partial charge in [0.15, 0.2) is 0 Å². The highest BCUT2D eigenvalue weighted by Crippen LogP contribution is 2.06. The van der Waals surface area contributed by atoms with Crippen LogP contribution < -0.4 is 11.1 Å². The number of carbonyl (C=O) groups is 1. The van der Waals surface area contributed by atoms with Crippen LogP contribution in [0.15, 0.2) is 36.9 Å². The van der Waals surface area contributed by atoms with Crippen LogP contribution in [-0.2, 0) is 0 Å². The third-order valence-electron chi connectivity index (χ3n) is 1.92. The predicted molar refractivity (Wildman–Crippen MR) is 70.7 cm³/mol. The average molecular weight is 236 g/mol. The van der Waals surface area contributed by atoms with Crippen molar-refractivity contribution in [2.24, 2.45) is 0 Å². The number of amides is 1. The Labute approximate surface area is 100 Å². The van der Waals surface area contributed by atoms with Crippen molar-refractivity contribution in [3.8, 4) is 0 Å². The van der Waals surface area contributed by atoms with Gasteiger partial charge in [0, 0.05) is 29.3 Å². The van der Waals surface area contributed by atoms with E-state index in [1.165, 1.54) is 0 Å². The van der Waals surface area contributed by atoms with E-state index in [1.807, 2.05) is 6.08 Å². The number of hydrogen-bond acceptors (Lipinski definition) is 3. The highest BCUT2D eigenvalue weighted by molar-refractivity contribution is 7.99. The van der Waals surface area contributed by atoms with Gasteiger partial charge in [0.1, 0.15) is 0 Å². The monoisotopic (exact) mass is 236 g/mol. The van der Waals surface area contributed by atoms with E-state index in [0.717, 1.165) is 11.5 Å². The number of nitrogens with one attached hydrogen (secondary N) is 1. The smallest absolute Gasteiger partial charge is 0.251 e. The summed E-state index contributed by atoms with van der Waals surface area (Å²) in [6, 6.07) is 6.96. The second-order valence-corrected chi connectivity index (χ2v) is 4.39. The zero-order chi connectivity index (χ0) is 11.8. The maximum Gasteiger partial charge on any atom is 0.251 e. The van der Waals surface area contributed by atoms with Crippen molar-refractivity contribution < 1.29 is 4.79 Å². The van der Waals surface area contributed by atoms with Crippen molar-refractivity contribution >= 4 is 23.4 Å². The largest absolute Gasteiger partial charge is 0.399 e. The van der Waals surface area contributed by atoms with Gasteiger partial charge in [-0.05, 0) is 18.2 Å². The fraction of sp³-hybridized carbons (Fsp3) is 0.250. The highest BCUT2D eigenvalue weighted by atomic mass is 32.2. The average Bonchev–Trinajstić information content (AvgIpc) is 2.28. The maximum atomic E-state index is 11.6. The van der Waals surface area contributed by atoms with Gasteiger partial charge in [-0.2, -0.15) is 11.8 Å². The molecule has 0 aromatic heterocycles. The SMILES string of the molecule is C=CCSCCNC(=O)c1cccc(N)c1. The summed E-state index contributed by atoms with van der Waals surface area (Å²) in [4.78, 5) is 11.6. The molecule has 3 nitrogen and oxygen atoms in total. The summed E-state index contributed by atoms with van der Waals surface area (Å²) in [7, 11) is 0. The Morgan fingerprint density at radius 3 is 3.06 bits per heavy atom. The van der Waals surface area contributed by atoms with E-state index < -0.39 is 0 Å². The third kappa shape index (κ3) is 4.40. The van der Waals surface area contributed by atoms with Crippen LogP contribution in [0, 0.1) is 0 Å². The fourth-order valence-corrected chi connectivity index (χ4v) is 1.77. The minimum absolute atomic E-state index is 0.0773. The lowest BCUT2D eigenvalue weighted by Gasteiger charge is -2.05. The third-order valence-corrected chi connectivity index (χ3v) is 2.88. The second kappa shape index (κ2) is 6.95. The molecule has 0 aliphatic carbocycles. The predicted octanol–water partition coefficient (Wildman–Crippen LogP) is 1.92. The minimum Gasteiger partial charge on any atom is -0.399 e. The zero-order valence-electron chi connectivity index (χ0n) is 9.11. The minimum atomic E-state index is -0.0773. The number of benzene rings is 1. The second-order valence-electron chi connectivity index (χ2n) is 3.24. The Morgan fingerprint density at radius 1 is 1.56 bits per heavy atom. The van der Waals surface area contributed by atoms with Gasteiger partial charge in [-0.1, -0.05) is 12.1 Å². The van der Waals surface area contributed by atoms with Gasteiger partial charge < -0.3 is 11.1 Å². The van der Waals surface area contributed by atoms with Gasteiger partial charge in [-0.3, -0.25) is 4.79 Å². The van der Waals surface area contributed by atoms with Gasteiger partial charge >= 0.3 is 0 Å². The molecule has 1 aromatic rings. The quantitative estimate of drug-likeness (QED) is 0.451. The zero-order valence-corrected chi connectivity index (χ0v) is 9.93. The number of nitrogens with two attached hydrogens (primary N) is 1. The molecule has 1 aromatic carbocycles. The first kappa shape index (κ1) is 12.6. The summed E-state index contributed by atoms with van der Waals surface area (Å²) in [5, 5.41) is 2.84. The molecule has 0 saturated heterocycles. The van der Waals surface area contributed by atoms with E-state index in [9.17, 15) is 4.79 Å². The van der Waals surface area contributed by atoms with Crippen LogP contribution in [0.5, 0.6) is 0 Å². The maximum absolute atomic E-state index is 11.6. The first-order valence-corrected chi connectivity index (χ1v) is 6.22. The summed E-state index contributed by atoms with van der Waals surface area (Å²) in [6.45, 7) is 4.29. The molecule has 0 saturated carbocycles. The van der Waals surface area contributed by atoms with E-state index >= 15 is 0 Å². The van der Waals surface area contributed by atoms with Crippen LogP contribution in [-0.4, -0.2) is 24.0 Å². The topological polar surface area (TPSA) is 55.1 Å². The molecular weight excluding hydrogens is 220 g/mol. The Balaban J connectivity index is 2.32. The van der Waals surface area contributed by atoms with Gasteiger partial charge in [-0.25, -0.2) is 0 Å². The van der Waals surface area contributed by atoms with Crippen molar-refractivity contribution in [3.63, 3.8) is 0 Å². The first-order valence-electron chi connectivity index (χ1n) is 5.06. The van der Waals surface area contributed by atoms with Crippen LogP contribution >= 0.6 is 11.8 Å². The Morgan fingerprint density at radius 2 is 2.38 bits per heavy atom. The summed E-state index contributed by atoms with van der Waals surface area (Å²) in [6.07, 6.45) is 1.85. The molecule has 0 unspecified atom stereocenters. The molecular formula is C12H16N2OS. The molecule has 86 valence electrons. The van der Waals surface area contributed by atoms with Crippen LogP contribution in [0.25, 0.3) is 0 Å². The van der Waals surface area contributed by atoms with E-state index in [-0.39, 0.29) is 5.91 Å². The molecule has 0 aliphatic rings. The van der Waals surface area contributed by atoms with Crippen LogP contribution in [0.4, 0.5) is 5.69 Å². The molecule has 0 bridgehead atoms. The van der Waals surface area contributed by atoms with Gasteiger partial charge in [0.25, 0.3) is 5.91 Å². The number of nitrogen functional groups attached to an aromatic ring is 1. The van der Waals surface area contributed by atoms with Crippen LogP contribution in [0.1, 0.15) is 10.4 Å². The van der Waals surface area contributed by atoms with Crippen molar-refractivity contribution in [1.29, 1.82) is 0 Å². The summed E-state index contributed by atoms with van der Waals surface area (Å²) in [5.41, 5.74) is 6.81. The molecule has 0 fully saturated rings. The Bertz CT molecular complexity index is 366. The van der Waals surface area contributed by atoms with E-state index in [0.29, 0.717) is 17.8 Å². The van der Waals surface area contributed by atoms with Gasteiger partial charge in [0.2, 0.25) is 0 Å². The lowest BCUT2D eigenvalue weighted by molar-refractivity contribution is 0.0956. The molecule has 0 radical (unpaired) electrons. The lowest BCUT2D eigenvalue weighted by Crippen LogP contribution is -2.25. The van der Waals surface area contributed by atoms with Crippen molar-refractivity contribution in [3.05, 3.63) is 42.5 Å². The van der Waals surface area contributed by atoms with Crippen molar-refractivity contribution in [2.75, 3.05) is 23.8 Å². The van der Waals surface area contributed by atoms with E-state index in [2.05, 4.69) is 11.9 Å². The number of thioether (sulfide) groups is 1. The molecule has 0 heterocycles. The molecule has 0 aliphatic heterocycles. The van der Waals surface area contributed by atoms with E-state index in [4.69, 9.17) is 5.73 Å². The molecule has 0 spiro atoms. The molecule has 1 amide bonds. The molecule has 0 atom stereocenters. The number of carbonyl (C=O) groups excluding carboxylic acids is 1. The molecule has 16 heavy (non-hydrogen) atoms. The summed E-state index contributed by atoms with van der Waals surface area (Å²) in [5.74, 6) is 1.72. The Hall–Kier alpha value is -1.42. The lowest BCUT2D eigenvalue weighted by atomic mass is 10.2.